The van der Waals surface area contributed by atoms with E-state index in [1.54, 1.807) is 0 Å². The first-order valence-corrected chi connectivity index (χ1v) is 5.28. The molecular weight excluding hydrogens is 180 g/mol. The largest absolute Gasteiger partial charge is 0.390 e. The molecule has 14 heavy (non-hydrogen) atoms. The second kappa shape index (κ2) is 3.00. The van der Waals surface area contributed by atoms with E-state index in [9.17, 15) is 5.11 Å². The molecule has 0 aromatic carbocycles. The van der Waals surface area contributed by atoms with Crippen molar-refractivity contribution in [2.24, 2.45) is 5.92 Å². The minimum absolute atomic E-state index is 0.263. The highest BCUT2D eigenvalue weighted by atomic mass is 16.3. The number of piperidine rings is 2. The number of hydrogen-bond acceptors (Lipinski definition) is 4. The van der Waals surface area contributed by atoms with Gasteiger partial charge in [0.15, 0.2) is 0 Å². The average Bonchev–Trinajstić information content (AvgIpc) is 2.00. The summed E-state index contributed by atoms with van der Waals surface area (Å²) in [6.45, 7) is 2.27. The summed E-state index contributed by atoms with van der Waals surface area (Å²) in [7, 11) is 0. The van der Waals surface area contributed by atoms with E-state index in [2.05, 4.69) is 17.8 Å². The first-order valence-electron chi connectivity index (χ1n) is 5.28. The van der Waals surface area contributed by atoms with E-state index in [0.29, 0.717) is 6.04 Å². The van der Waals surface area contributed by atoms with Crippen LogP contribution in [0.5, 0.6) is 0 Å². The predicted molar refractivity (Wildman–Crippen MR) is 52.9 cm³/mol. The van der Waals surface area contributed by atoms with Crippen LogP contribution < -0.4 is 5.32 Å². The Labute approximate surface area is 83.8 Å². The molecule has 4 atom stereocenters. The van der Waals surface area contributed by atoms with E-state index in [4.69, 9.17) is 4.91 Å². The van der Waals surface area contributed by atoms with Crippen molar-refractivity contribution >= 4 is 0 Å². The van der Waals surface area contributed by atoms with Crippen LogP contribution in [0.2, 0.25) is 0 Å². The van der Waals surface area contributed by atoms with Crippen molar-refractivity contribution in [3.05, 3.63) is 4.91 Å². The Hall–Kier alpha value is -0.480. The first kappa shape index (κ1) is 10.1. The summed E-state index contributed by atoms with van der Waals surface area (Å²) in [6, 6.07) is 0.612. The summed E-state index contributed by atoms with van der Waals surface area (Å²) < 4.78 is 0. The van der Waals surface area contributed by atoms with Crippen LogP contribution in [0.3, 0.4) is 0 Å². The standard InChI is InChI=1S/C10H17NO.HNO/c1-9-3-7-2-8(11-9)5-10(12,4-7)6-9;1-2/h7-8,11-12H,2-6H2,1H3;1H. The van der Waals surface area contributed by atoms with Crippen LogP contribution in [0.25, 0.3) is 0 Å². The minimum atomic E-state index is -0.300. The summed E-state index contributed by atoms with van der Waals surface area (Å²) >= 11 is 0. The summed E-state index contributed by atoms with van der Waals surface area (Å²) in [4.78, 5) is 7.50. The van der Waals surface area contributed by atoms with Crippen molar-refractivity contribution in [3.8, 4) is 0 Å². The van der Waals surface area contributed by atoms with Crippen molar-refractivity contribution in [2.45, 2.75) is 56.2 Å². The van der Waals surface area contributed by atoms with Crippen molar-refractivity contribution in [3.63, 3.8) is 0 Å². The fraction of sp³-hybridized carbons (Fsp3) is 1.00. The normalized spacial score (nSPS) is 53.9. The SMILES string of the molecule is CC12CC3CC(CC(O)(C3)C1)N2.N=O. The van der Waals surface area contributed by atoms with Crippen LogP contribution in [0.1, 0.15) is 39.0 Å². The minimum Gasteiger partial charge on any atom is -0.390 e. The Morgan fingerprint density at radius 3 is 2.57 bits per heavy atom. The van der Waals surface area contributed by atoms with Crippen LogP contribution in [-0.4, -0.2) is 22.3 Å². The number of rotatable bonds is 0. The smallest absolute Gasteiger partial charge is 0.0682 e. The fourth-order valence-electron chi connectivity index (χ4n) is 4.10. The Kier molecular flexibility index (Phi) is 2.16. The molecule has 2 heterocycles. The number of nitroso groups, excluding NO2 is 1. The quantitative estimate of drug-likeness (QED) is 0.515. The van der Waals surface area contributed by atoms with Gasteiger partial charge >= 0.3 is 0 Å². The molecule has 2 saturated heterocycles. The molecule has 80 valence electrons. The Morgan fingerprint density at radius 2 is 2.07 bits per heavy atom. The van der Waals surface area contributed by atoms with Gasteiger partial charge in [0.1, 0.15) is 0 Å². The van der Waals surface area contributed by atoms with E-state index >= 15 is 0 Å². The third kappa shape index (κ3) is 1.46. The molecule has 4 rings (SSSR count). The molecule has 2 aliphatic carbocycles. The molecule has 0 amide bonds. The maximum absolute atomic E-state index is 10.2. The highest BCUT2D eigenvalue weighted by molar-refractivity contribution is 5.12. The van der Waals surface area contributed by atoms with Crippen molar-refractivity contribution in [2.75, 3.05) is 0 Å². The highest BCUT2D eigenvalue weighted by Gasteiger charge is 2.54. The van der Waals surface area contributed by atoms with Crippen LogP contribution in [-0.2, 0) is 0 Å². The molecule has 0 aromatic heterocycles. The zero-order valence-corrected chi connectivity index (χ0v) is 8.55. The number of hydrogen-bond donors (Lipinski definition) is 3. The average molecular weight is 198 g/mol. The molecule has 4 nitrogen and oxygen atoms in total. The van der Waals surface area contributed by atoms with Gasteiger partial charge in [-0.3, -0.25) is 0 Å². The highest BCUT2D eigenvalue weighted by Crippen LogP contribution is 2.51. The molecule has 0 radical (unpaired) electrons. The van der Waals surface area contributed by atoms with Crippen LogP contribution in [0.15, 0.2) is 0 Å². The van der Waals surface area contributed by atoms with Gasteiger partial charge in [-0.25, -0.2) is 0 Å². The third-order valence-electron chi connectivity index (χ3n) is 3.92. The zero-order chi connectivity index (χ0) is 10.4. The zero-order valence-electron chi connectivity index (χ0n) is 8.55. The lowest BCUT2D eigenvalue weighted by Gasteiger charge is -2.59. The lowest BCUT2D eigenvalue weighted by atomic mass is 9.57. The van der Waals surface area contributed by atoms with E-state index in [1.807, 2.05) is 0 Å². The first-order chi connectivity index (χ1) is 6.57. The van der Waals surface area contributed by atoms with Gasteiger partial charge in [-0.1, -0.05) is 5.59 Å². The topological polar surface area (TPSA) is 73.2 Å². The molecule has 0 aromatic rings. The summed E-state index contributed by atoms with van der Waals surface area (Å²) in [6.07, 6.45) is 5.64. The lowest BCUT2D eigenvalue weighted by Crippen LogP contribution is -2.68. The molecule has 4 unspecified atom stereocenters. The van der Waals surface area contributed by atoms with Crippen LogP contribution in [0, 0.1) is 16.4 Å². The second-order valence-electron chi connectivity index (χ2n) is 5.52. The summed E-state index contributed by atoms with van der Waals surface area (Å²) in [5.41, 5.74) is 4.46. The van der Waals surface area contributed by atoms with Crippen molar-refractivity contribution in [1.29, 1.82) is 5.59 Å². The molecule has 4 fully saturated rings. The van der Waals surface area contributed by atoms with E-state index in [1.165, 1.54) is 12.8 Å². The molecule has 4 aliphatic rings. The van der Waals surface area contributed by atoms with Gasteiger partial charge in [-0.15, -0.1) is 0 Å². The van der Waals surface area contributed by atoms with Gasteiger partial charge in [0.05, 0.1) is 5.60 Å². The second-order valence-corrected chi connectivity index (χ2v) is 5.52. The third-order valence-corrected chi connectivity index (χ3v) is 3.92. The lowest BCUT2D eigenvalue weighted by molar-refractivity contribution is -0.126. The van der Waals surface area contributed by atoms with Gasteiger partial charge in [0.25, 0.3) is 0 Å². The van der Waals surface area contributed by atoms with Gasteiger partial charge in [0, 0.05) is 11.6 Å². The fourth-order valence-corrected chi connectivity index (χ4v) is 4.10. The van der Waals surface area contributed by atoms with Gasteiger partial charge in [0.2, 0.25) is 0 Å². The number of aliphatic hydroxyl groups is 1. The van der Waals surface area contributed by atoms with E-state index in [-0.39, 0.29) is 11.1 Å². The van der Waals surface area contributed by atoms with Crippen molar-refractivity contribution in [1.82, 2.24) is 5.32 Å². The summed E-state index contributed by atoms with van der Waals surface area (Å²) in [5, 5.41) is 13.9. The Morgan fingerprint density at radius 1 is 1.36 bits per heavy atom. The Balaban J connectivity index is 0.000000354. The van der Waals surface area contributed by atoms with E-state index < -0.39 is 0 Å². The van der Waals surface area contributed by atoms with Crippen LogP contribution in [0.4, 0.5) is 0 Å². The maximum atomic E-state index is 10.2. The molecular formula is C10H18N2O2. The molecule has 4 heteroatoms. The molecule has 0 spiro atoms. The van der Waals surface area contributed by atoms with Gasteiger partial charge in [-0.05, 0) is 44.9 Å². The molecule has 2 saturated carbocycles. The van der Waals surface area contributed by atoms with Crippen molar-refractivity contribution < 1.29 is 5.11 Å². The van der Waals surface area contributed by atoms with Gasteiger partial charge < -0.3 is 10.4 Å². The Bertz CT molecular complexity index is 210. The molecule has 4 bridgehead atoms. The maximum Gasteiger partial charge on any atom is 0.0682 e. The van der Waals surface area contributed by atoms with Gasteiger partial charge in [-0.2, -0.15) is 4.91 Å². The molecule has 2 aliphatic heterocycles. The predicted octanol–water partition coefficient (Wildman–Crippen LogP) is 1.37. The monoisotopic (exact) mass is 198 g/mol. The number of nitrogens with one attached hydrogen (secondary N) is 2. The van der Waals surface area contributed by atoms with E-state index in [0.717, 1.165) is 25.2 Å². The summed E-state index contributed by atoms with van der Waals surface area (Å²) in [5.74, 6) is 0.800. The molecule has 3 N–H and O–H groups in total. The van der Waals surface area contributed by atoms with Crippen LogP contribution >= 0.6 is 0 Å².